The number of aromatic nitrogens is 4. The predicted octanol–water partition coefficient (Wildman–Crippen LogP) is 3.01. The van der Waals surface area contributed by atoms with Gasteiger partial charge >= 0.3 is 0 Å². The third-order valence-electron chi connectivity index (χ3n) is 5.58. The van der Waals surface area contributed by atoms with Crippen molar-refractivity contribution in [3.63, 3.8) is 0 Å². The standard InChI is InChI=1S/C20H22N4O3S2/c25-29(26)10-9-14(13-29)11-19-21-22-20(27-19)28-12-17-16-7-4-8-18(16)24(23-17)15-5-2-1-3-6-15/h1-3,5-6,14H,4,7-13H2/t14-/m0/s1. The van der Waals surface area contributed by atoms with Gasteiger partial charge in [0, 0.05) is 17.9 Å². The third-order valence-corrected chi connectivity index (χ3v) is 8.25. The van der Waals surface area contributed by atoms with Gasteiger partial charge in [-0.1, -0.05) is 30.0 Å². The summed E-state index contributed by atoms with van der Waals surface area (Å²) in [4.78, 5) is 0. The molecule has 0 radical (unpaired) electrons. The normalized spacial score (nSPS) is 20.2. The molecule has 1 saturated heterocycles. The SMILES string of the molecule is O=S1(=O)CC[C@@H](Cc2nnc(SCc3nn(-c4ccccc4)c4c3CCC4)o2)C1. The molecule has 2 aromatic heterocycles. The minimum absolute atomic E-state index is 0.0862. The van der Waals surface area contributed by atoms with Crippen molar-refractivity contribution in [1.82, 2.24) is 20.0 Å². The van der Waals surface area contributed by atoms with Gasteiger partial charge in [-0.15, -0.1) is 10.2 Å². The van der Waals surface area contributed by atoms with E-state index in [1.165, 1.54) is 23.0 Å². The Balaban J connectivity index is 1.27. The van der Waals surface area contributed by atoms with Crippen LogP contribution in [0.3, 0.4) is 0 Å². The van der Waals surface area contributed by atoms with E-state index < -0.39 is 9.84 Å². The molecule has 7 nitrogen and oxygen atoms in total. The lowest BCUT2D eigenvalue weighted by Crippen LogP contribution is -2.07. The number of fused-ring (bicyclic) bond motifs is 1. The van der Waals surface area contributed by atoms with Gasteiger partial charge in [0.1, 0.15) is 0 Å². The average Bonchev–Trinajstić information content (AvgIpc) is 3.47. The van der Waals surface area contributed by atoms with E-state index in [0.717, 1.165) is 30.6 Å². The predicted molar refractivity (Wildman–Crippen MR) is 110 cm³/mol. The van der Waals surface area contributed by atoms with Crippen LogP contribution in [0.2, 0.25) is 0 Å². The van der Waals surface area contributed by atoms with Crippen LogP contribution in [-0.2, 0) is 34.9 Å². The van der Waals surface area contributed by atoms with Crippen LogP contribution in [0.5, 0.6) is 0 Å². The number of nitrogens with zero attached hydrogens (tertiary/aromatic N) is 4. The molecule has 29 heavy (non-hydrogen) atoms. The van der Waals surface area contributed by atoms with Gasteiger partial charge in [0.05, 0.1) is 22.9 Å². The Morgan fingerprint density at radius 1 is 1.17 bits per heavy atom. The van der Waals surface area contributed by atoms with Crippen LogP contribution in [0.15, 0.2) is 40.0 Å². The van der Waals surface area contributed by atoms with Gasteiger partial charge in [-0.3, -0.25) is 0 Å². The van der Waals surface area contributed by atoms with Crippen LogP contribution in [-0.4, -0.2) is 39.9 Å². The number of hydrogen-bond acceptors (Lipinski definition) is 7. The lowest BCUT2D eigenvalue weighted by atomic mass is 10.1. The van der Waals surface area contributed by atoms with Gasteiger partial charge in [-0.2, -0.15) is 5.10 Å². The Hall–Kier alpha value is -2.13. The molecule has 9 heteroatoms. The molecule has 1 fully saturated rings. The average molecular weight is 431 g/mol. The number of rotatable bonds is 6. The summed E-state index contributed by atoms with van der Waals surface area (Å²) >= 11 is 1.49. The van der Waals surface area contributed by atoms with Gasteiger partial charge in [-0.25, -0.2) is 13.1 Å². The van der Waals surface area contributed by atoms with E-state index in [4.69, 9.17) is 9.52 Å². The molecule has 0 N–H and O–H groups in total. The minimum atomic E-state index is -2.89. The molecular weight excluding hydrogens is 408 g/mol. The zero-order valence-electron chi connectivity index (χ0n) is 16.0. The van der Waals surface area contributed by atoms with Crippen molar-refractivity contribution in [1.29, 1.82) is 0 Å². The molecule has 0 saturated carbocycles. The number of benzene rings is 1. The fraction of sp³-hybridized carbons (Fsp3) is 0.450. The lowest BCUT2D eigenvalue weighted by molar-refractivity contribution is 0.389. The summed E-state index contributed by atoms with van der Waals surface area (Å²) in [6.07, 6.45) is 4.48. The van der Waals surface area contributed by atoms with Crippen molar-refractivity contribution in [2.45, 2.75) is 43.1 Å². The molecule has 152 valence electrons. The van der Waals surface area contributed by atoms with Crippen LogP contribution < -0.4 is 0 Å². The lowest BCUT2D eigenvalue weighted by Gasteiger charge is -2.04. The molecule has 1 aromatic carbocycles. The molecule has 1 atom stereocenters. The van der Waals surface area contributed by atoms with Crippen molar-refractivity contribution >= 4 is 21.6 Å². The highest BCUT2D eigenvalue weighted by atomic mass is 32.2. The second kappa shape index (κ2) is 7.60. The van der Waals surface area contributed by atoms with Gasteiger partial charge in [0.2, 0.25) is 5.89 Å². The van der Waals surface area contributed by atoms with Crippen molar-refractivity contribution < 1.29 is 12.8 Å². The molecule has 3 heterocycles. The van der Waals surface area contributed by atoms with Gasteiger partial charge in [0.15, 0.2) is 9.84 Å². The van der Waals surface area contributed by atoms with E-state index in [1.807, 2.05) is 18.2 Å². The van der Waals surface area contributed by atoms with E-state index >= 15 is 0 Å². The Kier molecular flexibility index (Phi) is 4.95. The van der Waals surface area contributed by atoms with E-state index in [9.17, 15) is 8.42 Å². The Morgan fingerprint density at radius 3 is 2.83 bits per heavy atom. The van der Waals surface area contributed by atoms with Gasteiger partial charge in [-0.05, 0) is 49.3 Å². The number of sulfone groups is 1. The van der Waals surface area contributed by atoms with Crippen LogP contribution in [0.1, 0.15) is 35.7 Å². The second-order valence-corrected chi connectivity index (χ2v) is 10.9. The molecule has 0 amide bonds. The topological polar surface area (TPSA) is 90.9 Å². The highest BCUT2D eigenvalue weighted by molar-refractivity contribution is 7.98. The Labute approximate surface area is 173 Å². The molecule has 0 unspecified atom stereocenters. The zero-order chi connectivity index (χ0) is 19.8. The van der Waals surface area contributed by atoms with Crippen molar-refractivity contribution in [2.75, 3.05) is 11.5 Å². The molecule has 5 rings (SSSR count). The van der Waals surface area contributed by atoms with Crippen molar-refractivity contribution in [2.24, 2.45) is 5.92 Å². The summed E-state index contributed by atoms with van der Waals surface area (Å²) in [6, 6.07) is 10.2. The summed E-state index contributed by atoms with van der Waals surface area (Å²) in [7, 11) is -2.89. The van der Waals surface area contributed by atoms with E-state index in [2.05, 4.69) is 27.0 Å². The highest BCUT2D eigenvalue weighted by Crippen LogP contribution is 2.32. The summed E-state index contributed by atoms with van der Waals surface area (Å²) in [5.41, 5.74) is 4.82. The fourth-order valence-electron chi connectivity index (χ4n) is 4.20. The van der Waals surface area contributed by atoms with Crippen molar-refractivity contribution in [3.8, 4) is 5.69 Å². The molecule has 2 aliphatic rings. The number of hydrogen-bond donors (Lipinski definition) is 0. The van der Waals surface area contributed by atoms with Crippen molar-refractivity contribution in [3.05, 3.63) is 53.2 Å². The number of para-hydroxylation sites is 1. The second-order valence-electron chi connectivity index (χ2n) is 7.70. The maximum Gasteiger partial charge on any atom is 0.276 e. The first-order valence-electron chi connectivity index (χ1n) is 9.88. The Morgan fingerprint density at radius 2 is 2.03 bits per heavy atom. The van der Waals surface area contributed by atoms with Gasteiger partial charge < -0.3 is 4.42 Å². The summed E-state index contributed by atoms with van der Waals surface area (Å²) < 4.78 is 31.1. The van der Waals surface area contributed by atoms with Crippen LogP contribution in [0.25, 0.3) is 5.69 Å². The van der Waals surface area contributed by atoms with Gasteiger partial charge in [0.25, 0.3) is 5.22 Å². The molecule has 0 spiro atoms. The fourth-order valence-corrected chi connectivity index (χ4v) is 6.81. The van der Waals surface area contributed by atoms with E-state index in [0.29, 0.717) is 29.7 Å². The van der Waals surface area contributed by atoms with E-state index in [1.54, 1.807) is 0 Å². The van der Waals surface area contributed by atoms with Crippen LogP contribution >= 0.6 is 11.8 Å². The smallest absolute Gasteiger partial charge is 0.276 e. The third kappa shape index (κ3) is 3.98. The monoisotopic (exact) mass is 430 g/mol. The first-order valence-corrected chi connectivity index (χ1v) is 12.7. The highest BCUT2D eigenvalue weighted by Gasteiger charge is 2.29. The first-order chi connectivity index (χ1) is 14.1. The molecule has 0 bridgehead atoms. The summed E-state index contributed by atoms with van der Waals surface area (Å²) in [5.74, 6) is 1.78. The molecular formula is C20H22N4O3S2. The van der Waals surface area contributed by atoms with Crippen LogP contribution in [0, 0.1) is 5.92 Å². The first kappa shape index (κ1) is 18.9. The minimum Gasteiger partial charge on any atom is -0.416 e. The summed E-state index contributed by atoms with van der Waals surface area (Å²) in [5, 5.41) is 13.6. The van der Waals surface area contributed by atoms with Crippen LogP contribution in [0.4, 0.5) is 0 Å². The largest absolute Gasteiger partial charge is 0.416 e. The molecule has 3 aromatic rings. The Bertz CT molecular complexity index is 1120. The summed E-state index contributed by atoms with van der Waals surface area (Å²) in [6.45, 7) is 0. The maximum absolute atomic E-state index is 11.6. The molecule has 1 aliphatic heterocycles. The maximum atomic E-state index is 11.6. The van der Waals surface area contributed by atoms with E-state index in [-0.39, 0.29) is 17.4 Å². The molecule has 1 aliphatic carbocycles. The quantitative estimate of drug-likeness (QED) is 0.555. The zero-order valence-corrected chi connectivity index (χ0v) is 17.6. The number of thioether (sulfide) groups is 1.